The molecule has 116 valence electrons. The number of anilines is 1. The summed E-state index contributed by atoms with van der Waals surface area (Å²) in [5, 5.41) is 6.78. The second kappa shape index (κ2) is 7.07. The largest absolute Gasteiger partial charge is 0.356 e. The summed E-state index contributed by atoms with van der Waals surface area (Å²) in [5.74, 6) is -0.449. The Bertz CT molecular complexity index is 703. The summed E-state index contributed by atoms with van der Waals surface area (Å²) >= 11 is 11.1. The number of rotatable bonds is 3. The van der Waals surface area contributed by atoms with Crippen LogP contribution in [0, 0.1) is 19.7 Å². The highest BCUT2D eigenvalue weighted by molar-refractivity contribution is 7.80. The molecule has 0 unspecified atom stereocenters. The summed E-state index contributed by atoms with van der Waals surface area (Å²) in [5.41, 5.74) is 4.26. The number of nitrogens with one attached hydrogen (secondary N) is 2. The Morgan fingerprint density at radius 1 is 1.18 bits per heavy atom. The third-order valence-corrected chi connectivity index (χ3v) is 3.94. The standard InChI is InChI=1S/C17H18ClFN2S/c1-10-4-5-11(2)14(8-10)12(3)20-17(22)21-13-6-7-16(19)15(18)9-13/h4-9,12H,1-3H3,(H2,20,21,22)/t12-/m1/s1. The number of hydrogen-bond acceptors (Lipinski definition) is 1. The lowest BCUT2D eigenvalue weighted by atomic mass is 10.0. The summed E-state index contributed by atoms with van der Waals surface area (Å²) < 4.78 is 13.1. The Morgan fingerprint density at radius 2 is 1.91 bits per heavy atom. The van der Waals surface area contributed by atoms with Crippen LogP contribution >= 0.6 is 23.8 Å². The molecule has 2 aromatic rings. The molecule has 0 bridgehead atoms. The molecule has 2 N–H and O–H groups in total. The topological polar surface area (TPSA) is 24.1 Å². The zero-order chi connectivity index (χ0) is 16.3. The van der Waals surface area contributed by atoms with Gasteiger partial charge in [-0.25, -0.2) is 4.39 Å². The van der Waals surface area contributed by atoms with Crippen LogP contribution in [0.3, 0.4) is 0 Å². The smallest absolute Gasteiger partial charge is 0.171 e. The van der Waals surface area contributed by atoms with E-state index in [1.54, 1.807) is 6.07 Å². The lowest BCUT2D eigenvalue weighted by Gasteiger charge is -2.19. The van der Waals surface area contributed by atoms with E-state index in [-0.39, 0.29) is 11.1 Å². The van der Waals surface area contributed by atoms with Gasteiger partial charge in [-0.05, 0) is 62.3 Å². The predicted molar refractivity (Wildman–Crippen MR) is 95.1 cm³/mol. The van der Waals surface area contributed by atoms with Crippen LogP contribution in [0.2, 0.25) is 5.02 Å². The van der Waals surface area contributed by atoms with Crippen LogP contribution < -0.4 is 10.6 Å². The Labute approximate surface area is 140 Å². The van der Waals surface area contributed by atoms with E-state index in [1.165, 1.54) is 28.8 Å². The maximum Gasteiger partial charge on any atom is 0.171 e. The fraction of sp³-hybridized carbons (Fsp3) is 0.235. The number of benzene rings is 2. The Morgan fingerprint density at radius 3 is 2.59 bits per heavy atom. The summed E-state index contributed by atoms with van der Waals surface area (Å²) in [4.78, 5) is 0. The van der Waals surface area contributed by atoms with Crippen molar-refractivity contribution < 1.29 is 4.39 Å². The molecule has 0 aliphatic heterocycles. The first-order valence-corrected chi connectivity index (χ1v) is 7.75. The van der Waals surface area contributed by atoms with E-state index < -0.39 is 5.82 Å². The van der Waals surface area contributed by atoms with Crippen LogP contribution in [-0.4, -0.2) is 5.11 Å². The molecule has 0 radical (unpaired) electrons. The summed E-state index contributed by atoms with van der Waals surface area (Å²) in [6.07, 6.45) is 0. The van der Waals surface area contributed by atoms with Crippen LogP contribution in [0.1, 0.15) is 29.7 Å². The van der Waals surface area contributed by atoms with Gasteiger partial charge < -0.3 is 10.6 Å². The maximum atomic E-state index is 13.1. The lowest BCUT2D eigenvalue weighted by molar-refractivity contribution is 0.628. The van der Waals surface area contributed by atoms with Gasteiger partial charge in [-0.15, -0.1) is 0 Å². The molecule has 0 aliphatic carbocycles. The molecule has 0 fully saturated rings. The first-order chi connectivity index (χ1) is 10.4. The van der Waals surface area contributed by atoms with Crippen LogP contribution in [0.4, 0.5) is 10.1 Å². The zero-order valence-electron chi connectivity index (χ0n) is 12.7. The minimum atomic E-state index is -0.449. The molecule has 0 saturated heterocycles. The average molecular weight is 337 g/mol. The minimum Gasteiger partial charge on any atom is -0.356 e. The predicted octanol–water partition coefficient (Wildman–Crippen LogP) is 5.14. The Hall–Kier alpha value is -1.65. The van der Waals surface area contributed by atoms with E-state index in [2.05, 4.69) is 42.7 Å². The molecule has 0 aliphatic rings. The third kappa shape index (κ3) is 4.18. The fourth-order valence-electron chi connectivity index (χ4n) is 2.24. The molecular formula is C17H18ClFN2S. The van der Waals surface area contributed by atoms with Crippen molar-refractivity contribution in [2.45, 2.75) is 26.8 Å². The van der Waals surface area contributed by atoms with E-state index in [0.29, 0.717) is 10.8 Å². The second-order valence-corrected chi connectivity index (χ2v) is 6.12. The summed E-state index contributed by atoms with van der Waals surface area (Å²) in [6, 6.07) is 10.8. The highest BCUT2D eigenvalue weighted by atomic mass is 35.5. The quantitative estimate of drug-likeness (QED) is 0.758. The molecule has 0 saturated carbocycles. The van der Waals surface area contributed by atoms with E-state index in [1.807, 2.05) is 6.92 Å². The molecule has 2 aromatic carbocycles. The minimum absolute atomic E-state index is 0.0652. The zero-order valence-corrected chi connectivity index (χ0v) is 14.3. The number of thiocarbonyl (C=S) groups is 1. The van der Waals surface area contributed by atoms with Crippen LogP contribution in [0.5, 0.6) is 0 Å². The molecule has 1 atom stereocenters. The lowest BCUT2D eigenvalue weighted by Crippen LogP contribution is -2.31. The third-order valence-electron chi connectivity index (χ3n) is 3.43. The molecule has 5 heteroatoms. The van der Waals surface area contributed by atoms with Crippen molar-refractivity contribution in [3.8, 4) is 0 Å². The number of hydrogen-bond donors (Lipinski definition) is 2. The monoisotopic (exact) mass is 336 g/mol. The first kappa shape index (κ1) is 16.7. The van der Waals surface area contributed by atoms with Crippen molar-refractivity contribution >= 4 is 34.6 Å². The van der Waals surface area contributed by atoms with Gasteiger partial charge in [-0.1, -0.05) is 35.4 Å². The Kier molecular flexibility index (Phi) is 5.37. The van der Waals surface area contributed by atoms with Gasteiger partial charge in [0.05, 0.1) is 11.1 Å². The molecule has 0 heterocycles. The van der Waals surface area contributed by atoms with Gasteiger partial charge in [0.25, 0.3) is 0 Å². The molecule has 22 heavy (non-hydrogen) atoms. The molecule has 0 spiro atoms. The Balaban J connectivity index is 2.05. The van der Waals surface area contributed by atoms with Gasteiger partial charge in [0.2, 0.25) is 0 Å². The van der Waals surface area contributed by atoms with Gasteiger partial charge in [0.1, 0.15) is 5.82 Å². The van der Waals surface area contributed by atoms with Gasteiger partial charge in [0, 0.05) is 5.69 Å². The fourth-order valence-corrected chi connectivity index (χ4v) is 2.72. The molecule has 0 aromatic heterocycles. The number of aryl methyl sites for hydroxylation is 2. The van der Waals surface area contributed by atoms with Crippen molar-refractivity contribution in [3.05, 3.63) is 63.9 Å². The van der Waals surface area contributed by atoms with Crippen molar-refractivity contribution in [1.82, 2.24) is 5.32 Å². The van der Waals surface area contributed by atoms with Gasteiger partial charge in [-0.2, -0.15) is 0 Å². The van der Waals surface area contributed by atoms with E-state index in [4.69, 9.17) is 23.8 Å². The molecule has 2 nitrogen and oxygen atoms in total. The highest BCUT2D eigenvalue weighted by Crippen LogP contribution is 2.21. The first-order valence-electron chi connectivity index (χ1n) is 6.96. The number of halogens is 2. The van der Waals surface area contributed by atoms with Gasteiger partial charge >= 0.3 is 0 Å². The van der Waals surface area contributed by atoms with E-state index in [0.717, 1.165) is 0 Å². The van der Waals surface area contributed by atoms with Gasteiger partial charge in [0.15, 0.2) is 5.11 Å². The molecule has 2 rings (SSSR count). The molecular weight excluding hydrogens is 319 g/mol. The van der Waals surface area contributed by atoms with Crippen LogP contribution in [0.25, 0.3) is 0 Å². The van der Waals surface area contributed by atoms with Crippen LogP contribution in [0.15, 0.2) is 36.4 Å². The van der Waals surface area contributed by atoms with E-state index >= 15 is 0 Å². The normalized spacial score (nSPS) is 11.9. The van der Waals surface area contributed by atoms with Crippen LogP contribution in [-0.2, 0) is 0 Å². The van der Waals surface area contributed by atoms with Crippen molar-refractivity contribution in [2.24, 2.45) is 0 Å². The van der Waals surface area contributed by atoms with Crippen molar-refractivity contribution in [1.29, 1.82) is 0 Å². The van der Waals surface area contributed by atoms with Gasteiger partial charge in [-0.3, -0.25) is 0 Å². The maximum absolute atomic E-state index is 13.1. The van der Waals surface area contributed by atoms with Crippen molar-refractivity contribution in [3.63, 3.8) is 0 Å². The van der Waals surface area contributed by atoms with Crippen molar-refractivity contribution in [2.75, 3.05) is 5.32 Å². The molecule has 0 amide bonds. The summed E-state index contributed by atoms with van der Waals surface area (Å²) in [7, 11) is 0. The SMILES string of the molecule is Cc1ccc(C)c([C@@H](C)NC(=S)Nc2ccc(F)c(Cl)c2)c1. The highest BCUT2D eigenvalue weighted by Gasteiger charge is 2.10. The van der Waals surface area contributed by atoms with E-state index in [9.17, 15) is 4.39 Å². The summed E-state index contributed by atoms with van der Waals surface area (Å²) in [6.45, 7) is 6.18. The average Bonchev–Trinajstić information content (AvgIpc) is 2.45. The second-order valence-electron chi connectivity index (χ2n) is 5.31.